The Labute approximate surface area is 112 Å². The van der Waals surface area contributed by atoms with E-state index in [0.717, 1.165) is 25.9 Å². The van der Waals surface area contributed by atoms with Crippen LogP contribution in [0.2, 0.25) is 0 Å². The molecule has 0 amide bonds. The normalized spacial score (nSPS) is 21.3. The predicted octanol–water partition coefficient (Wildman–Crippen LogP) is 4.00. The molecule has 1 aliphatic heterocycles. The molecule has 1 aliphatic rings. The third kappa shape index (κ3) is 5.00. The molecule has 104 valence electrons. The summed E-state index contributed by atoms with van der Waals surface area (Å²) in [5, 5.41) is 0. The van der Waals surface area contributed by atoms with Crippen molar-refractivity contribution in [3.8, 4) is 11.8 Å². The van der Waals surface area contributed by atoms with Gasteiger partial charge < -0.3 is 9.47 Å². The fourth-order valence-corrected chi connectivity index (χ4v) is 1.58. The van der Waals surface area contributed by atoms with E-state index in [9.17, 15) is 0 Å². The summed E-state index contributed by atoms with van der Waals surface area (Å²) >= 11 is 0. The van der Waals surface area contributed by atoms with Crippen molar-refractivity contribution in [2.45, 2.75) is 66.6 Å². The summed E-state index contributed by atoms with van der Waals surface area (Å²) in [5.74, 6) is 6.35. The van der Waals surface area contributed by atoms with Crippen molar-refractivity contribution >= 4 is 0 Å². The van der Waals surface area contributed by atoms with E-state index >= 15 is 0 Å². The van der Waals surface area contributed by atoms with E-state index in [4.69, 9.17) is 9.47 Å². The standard InChI is InChI=1S/C16H28O2/c1-15(2,3)16(4,5)11-7-9-13-18-14-10-6-8-12-17-14/h14H,6,8,10-13H2,1-5H3. The molecule has 1 fully saturated rings. The van der Waals surface area contributed by atoms with Gasteiger partial charge in [-0.1, -0.05) is 40.5 Å². The van der Waals surface area contributed by atoms with Crippen LogP contribution in [-0.2, 0) is 9.47 Å². The molecular formula is C16H28O2. The molecular weight excluding hydrogens is 224 g/mol. The number of ether oxygens (including phenoxy) is 2. The van der Waals surface area contributed by atoms with Crippen LogP contribution < -0.4 is 0 Å². The highest BCUT2D eigenvalue weighted by Gasteiger charge is 2.31. The summed E-state index contributed by atoms with van der Waals surface area (Å²) in [5.41, 5.74) is 0.496. The Hall–Kier alpha value is -0.520. The van der Waals surface area contributed by atoms with Gasteiger partial charge in [0, 0.05) is 13.0 Å². The van der Waals surface area contributed by atoms with Crippen LogP contribution in [0, 0.1) is 22.7 Å². The van der Waals surface area contributed by atoms with Gasteiger partial charge in [-0.25, -0.2) is 0 Å². The molecule has 1 heterocycles. The average molecular weight is 252 g/mol. The first-order valence-electron chi connectivity index (χ1n) is 7.02. The third-order valence-electron chi connectivity index (χ3n) is 4.16. The zero-order valence-electron chi connectivity index (χ0n) is 12.6. The molecule has 0 aliphatic carbocycles. The molecule has 2 heteroatoms. The van der Waals surface area contributed by atoms with Crippen LogP contribution in [0.3, 0.4) is 0 Å². The van der Waals surface area contributed by atoms with E-state index in [1.807, 2.05) is 0 Å². The van der Waals surface area contributed by atoms with E-state index in [1.165, 1.54) is 6.42 Å². The summed E-state index contributed by atoms with van der Waals surface area (Å²) in [6.45, 7) is 12.7. The van der Waals surface area contributed by atoms with Crippen LogP contribution in [0.25, 0.3) is 0 Å². The summed E-state index contributed by atoms with van der Waals surface area (Å²) in [7, 11) is 0. The molecule has 0 aromatic carbocycles. The minimum absolute atomic E-state index is 0.0244. The van der Waals surface area contributed by atoms with Crippen molar-refractivity contribution in [2.24, 2.45) is 10.8 Å². The summed E-state index contributed by atoms with van der Waals surface area (Å²) in [6, 6.07) is 0. The lowest BCUT2D eigenvalue weighted by Gasteiger charge is -2.37. The van der Waals surface area contributed by atoms with Crippen molar-refractivity contribution < 1.29 is 9.47 Å². The summed E-state index contributed by atoms with van der Waals surface area (Å²) < 4.78 is 11.1. The maximum Gasteiger partial charge on any atom is 0.158 e. The van der Waals surface area contributed by atoms with Crippen molar-refractivity contribution in [1.82, 2.24) is 0 Å². The van der Waals surface area contributed by atoms with E-state index in [1.54, 1.807) is 0 Å². The Morgan fingerprint density at radius 1 is 1.11 bits per heavy atom. The highest BCUT2D eigenvalue weighted by Crippen LogP contribution is 2.40. The highest BCUT2D eigenvalue weighted by atomic mass is 16.7. The first kappa shape index (κ1) is 15.5. The first-order valence-corrected chi connectivity index (χ1v) is 7.02. The third-order valence-corrected chi connectivity index (χ3v) is 4.16. The molecule has 2 nitrogen and oxygen atoms in total. The molecule has 0 radical (unpaired) electrons. The second-order valence-electron chi connectivity index (χ2n) is 6.77. The Bertz CT molecular complexity index is 295. The molecule has 1 unspecified atom stereocenters. The summed E-state index contributed by atoms with van der Waals surface area (Å²) in [6.07, 6.45) is 4.25. The fraction of sp³-hybridized carbons (Fsp3) is 0.875. The van der Waals surface area contributed by atoms with Gasteiger partial charge in [-0.3, -0.25) is 0 Å². The Morgan fingerprint density at radius 3 is 2.39 bits per heavy atom. The van der Waals surface area contributed by atoms with Crippen LogP contribution in [0.15, 0.2) is 0 Å². The minimum atomic E-state index is -0.0244. The van der Waals surface area contributed by atoms with Gasteiger partial charge in [-0.15, -0.1) is 5.92 Å². The van der Waals surface area contributed by atoms with E-state index in [-0.39, 0.29) is 17.1 Å². The second kappa shape index (κ2) is 6.59. The van der Waals surface area contributed by atoms with Crippen molar-refractivity contribution in [3.63, 3.8) is 0 Å². The molecule has 0 N–H and O–H groups in total. The lowest BCUT2D eigenvalue weighted by atomic mass is 9.67. The van der Waals surface area contributed by atoms with Crippen molar-refractivity contribution in [2.75, 3.05) is 13.2 Å². The molecule has 0 aromatic heterocycles. The van der Waals surface area contributed by atoms with E-state index in [0.29, 0.717) is 6.61 Å². The molecule has 0 saturated carbocycles. The zero-order valence-corrected chi connectivity index (χ0v) is 12.6. The molecule has 0 aromatic rings. The van der Waals surface area contributed by atoms with Gasteiger partial charge in [0.05, 0.1) is 0 Å². The van der Waals surface area contributed by atoms with Gasteiger partial charge in [0.2, 0.25) is 0 Å². The smallest absolute Gasteiger partial charge is 0.158 e. The van der Waals surface area contributed by atoms with Crippen molar-refractivity contribution in [3.05, 3.63) is 0 Å². The van der Waals surface area contributed by atoms with Gasteiger partial charge >= 0.3 is 0 Å². The average Bonchev–Trinajstić information content (AvgIpc) is 2.28. The molecule has 1 rings (SSSR count). The molecule has 1 saturated heterocycles. The predicted molar refractivity (Wildman–Crippen MR) is 75.2 cm³/mol. The van der Waals surface area contributed by atoms with Crippen LogP contribution in [-0.4, -0.2) is 19.5 Å². The molecule has 0 bridgehead atoms. The Balaban J connectivity index is 2.25. The highest BCUT2D eigenvalue weighted by molar-refractivity contribution is 5.04. The van der Waals surface area contributed by atoms with Crippen molar-refractivity contribution in [1.29, 1.82) is 0 Å². The SMILES string of the molecule is CC(C)(C)C(C)(C)CC#CCOC1CCCCO1. The van der Waals surface area contributed by atoms with Crippen LogP contribution in [0.4, 0.5) is 0 Å². The van der Waals surface area contributed by atoms with Gasteiger partial charge in [0.1, 0.15) is 6.61 Å². The van der Waals surface area contributed by atoms with Gasteiger partial charge in [0.25, 0.3) is 0 Å². The van der Waals surface area contributed by atoms with Gasteiger partial charge in [-0.2, -0.15) is 0 Å². The Morgan fingerprint density at radius 2 is 1.83 bits per heavy atom. The second-order valence-corrected chi connectivity index (χ2v) is 6.77. The fourth-order valence-electron chi connectivity index (χ4n) is 1.58. The number of hydrogen-bond acceptors (Lipinski definition) is 2. The topological polar surface area (TPSA) is 18.5 Å². The van der Waals surface area contributed by atoms with Crippen LogP contribution in [0.5, 0.6) is 0 Å². The monoisotopic (exact) mass is 252 g/mol. The molecule has 18 heavy (non-hydrogen) atoms. The number of hydrogen-bond donors (Lipinski definition) is 0. The number of rotatable bonds is 3. The minimum Gasteiger partial charge on any atom is -0.353 e. The largest absolute Gasteiger partial charge is 0.353 e. The lowest BCUT2D eigenvalue weighted by molar-refractivity contribution is -0.154. The van der Waals surface area contributed by atoms with Gasteiger partial charge in [0.15, 0.2) is 6.29 Å². The van der Waals surface area contributed by atoms with Gasteiger partial charge in [-0.05, 0) is 30.1 Å². The first-order chi connectivity index (χ1) is 8.33. The Kier molecular flexibility index (Phi) is 5.69. The zero-order chi connectivity index (χ0) is 13.6. The van der Waals surface area contributed by atoms with Crippen LogP contribution >= 0.6 is 0 Å². The lowest BCUT2D eigenvalue weighted by Crippen LogP contribution is -2.29. The molecule has 1 atom stereocenters. The van der Waals surface area contributed by atoms with E-state index in [2.05, 4.69) is 46.5 Å². The van der Waals surface area contributed by atoms with E-state index < -0.39 is 0 Å². The van der Waals surface area contributed by atoms with Crippen LogP contribution in [0.1, 0.15) is 60.3 Å². The molecule has 0 spiro atoms. The quantitative estimate of drug-likeness (QED) is 0.707. The summed E-state index contributed by atoms with van der Waals surface area (Å²) in [4.78, 5) is 0. The maximum atomic E-state index is 5.59. The maximum absolute atomic E-state index is 5.59.